The summed E-state index contributed by atoms with van der Waals surface area (Å²) in [7, 11) is 0. The summed E-state index contributed by atoms with van der Waals surface area (Å²) in [6.07, 6.45) is 4.26. The molecule has 128 valence electrons. The fourth-order valence-corrected chi connectivity index (χ4v) is 2.92. The number of aliphatic hydroxyl groups is 2. The van der Waals surface area contributed by atoms with Gasteiger partial charge < -0.3 is 20.1 Å². The largest absolute Gasteiger partial charge is 0.481 e. The highest BCUT2D eigenvalue weighted by Gasteiger charge is 2.66. The number of carboxylic acids is 1. The second kappa shape index (κ2) is 6.95. The van der Waals surface area contributed by atoms with Crippen molar-refractivity contribution in [2.75, 3.05) is 6.61 Å². The van der Waals surface area contributed by atoms with Gasteiger partial charge in [-0.3, -0.25) is 9.59 Å². The minimum absolute atomic E-state index is 0.208. The molecule has 1 saturated heterocycles. The third kappa shape index (κ3) is 3.71. The summed E-state index contributed by atoms with van der Waals surface area (Å²) < 4.78 is 5.46. The van der Waals surface area contributed by atoms with E-state index in [1.807, 2.05) is 13.0 Å². The van der Waals surface area contributed by atoms with Crippen LogP contribution < -0.4 is 0 Å². The smallest absolute Gasteiger partial charge is 0.306 e. The van der Waals surface area contributed by atoms with Gasteiger partial charge in [0.25, 0.3) is 0 Å². The highest BCUT2D eigenvalue weighted by molar-refractivity contribution is 6.02. The Morgan fingerprint density at radius 3 is 2.83 bits per heavy atom. The van der Waals surface area contributed by atoms with E-state index in [1.54, 1.807) is 6.92 Å². The van der Waals surface area contributed by atoms with E-state index in [-0.39, 0.29) is 18.3 Å². The molecule has 0 bridgehead atoms. The van der Waals surface area contributed by atoms with Crippen molar-refractivity contribution in [3.8, 4) is 0 Å². The predicted molar refractivity (Wildman–Crippen MR) is 82.8 cm³/mol. The number of hydrogen-bond donors (Lipinski definition) is 3. The van der Waals surface area contributed by atoms with Gasteiger partial charge in [-0.2, -0.15) is 0 Å². The summed E-state index contributed by atoms with van der Waals surface area (Å²) in [6.45, 7) is 3.29. The average molecular weight is 324 g/mol. The molecule has 0 saturated carbocycles. The van der Waals surface area contributed by atoms with Crippen LogP contribution in [0.5, 0.6) is 0 Å². The first-order chi connectivity index (χ1) is 10.8. The molecule has 0 spiro atoms. The molecule has 1 unspecified atom stereocenters. The Balaban J connectivity index is 1.87. The molecule has 23 heavy (non-hydrogen) atoms. The second-order valence-corrected chi connectivity index (χ2v) is 6.50. The van der Waals surface area contributed by atoms with E-state index in [2.05, 4.69) is 0 Å². The number of aliphatic carboxylic acids is 1. The first-order valence-corrected chi connectivity index (χ1v) is 7.92. The highest BCUT2D eigenvalue weighted by Crippen LogP contribution is 2.48. The SMILES string of the molecule is C/C(=C\C[C@@]12O[C@@H]1[C@H](O)C(CO)=CC2=O)CCCC(C)C(=O)O. The topological polar surface area (TPSA) is 107 Å². The Morgan fingerprint density at radius 1 is 1.52 bits per heavy atom. The van der Waals surface area contributed by atoms with Gasteiger partial charge in [-0.05, 0) is 37.8 Å². The summed E-state index contributed by atoms with van der Waals surface area (Å²) >= 11 is 0. The van der Waals surface area contributed by atoms with Crippen LogP contribution in [0.15, 0.2) is 23.3 Å². The lowest BCUT2D eigenvalue weighted by Crippen LogP contribution is -2.37. The first kappa shape index (κ1) is 17.8. The summed E-state index contributed by atoms with van der Waals surface area (Å²) in [6, 6.07) is 0. The summed E-state index contributed by atoms with van der Waals surface area (Å²) in [5, 5.41) is 27.9. The van der Waals surface area contributed by atoms with E-state index in [4.69, 9.17) is 14.9 Å². The molecule has 1 heterocycles. The number of aliphatic hydroxyl groups excluding tert-OH is 2. The van der Waals surface area contributed by atoms with Crippen molar-refractivity contribution in [3.63, 3.8) is 0 Å². The fraction of sp³-hybridized carbons (Fsp3) is 0.647. The molecule has 0 aromatic carbocycles. The van der Waals surface area contributed by atoms with Gasteiger partial charge in [-0.15, -0.1) is 0 Å². The van der Waals surface area contributed by atoms with Crippen molar-refractivity contribution in [3.05, 3.63) is 23.3 Å². The molecule has 1 aliphatic heterocycles. The van der Waals surface area contributed by atoms with Gasteiger partial charge in [0, 0.05) is 6.42 Å². The van der Waals surface area contributed by atoms with E-state index in [1.165, 1.54) is 6.08 Å². The lowest BCUT2D eigenvalue weighted by molar-refractivity contribution is -0.141. The van der Waals surface area contributed by atoms with E-state index in [9.17, 15) is 14.7 Å². The molecule has 0 aromatic rings. The van der Waals surface area contributed by atoms with Crippen LogP contribution in [-0.4, -0.2) is 51.5 Å². The third-order valence-electron chi connectivity index (χ3n) is 4.71. The molecule has 0 aromatic heterocycles. The normalized spacial score (nSPS) is 31.4. The number of epoxide rings is 1. The number of carboxylic acid groups (broad SMARTS) is 1. The Hall–Kier alpha value is -1.50. The van der Waals surface area contributed by atoms with Crippen molar-refractivity contribution >= 4 is 11.8 Å². The quantitative estimate of drug-likeness (QED) is 0.458. The number of allylic oxidation sites excluding steroid dienone is 1. The van der Waals surface area contributed by atoms with Crippen molar-refractivity contribution in [2.45, 2.75) is 57.3 Å². The van der Waals surface area contributed by atoms with Crippen LogP contribution in [0.25, 0.3) is 0 Å². The molecule has 6 nitrogen and oxygen atoms in total. The standard InChI is InChI=1S/C17H24O6/c1-10(4-3-5-11(2)16(21)22)6-7-17-13(19)8-12(9-18)14(20)15(17)23-17/h6,8,11,14-15,18,20H,3-5,7,9H2,1-2H3,(H,21,22)/b10-6+/t11?,14-,15-,17+/m1/s1. The zero-order valence-corrected chi connectivity index (χ0v) is 13.5. The molecule has 4 atom stereocenters. The molecular weight excluding hydrogens is 300 g/mol. The van der Waals surface area contributed by atoms with Crippen molar-refractivity contribution in [2.24, 2.45) is 5.92 Å². The van der Waals surface area contributed by atoms with E-state index >= 15 is 0 Å². The summed E-state index contributed by atoms with van der Waals surface area (Å²) in [5.74, 6) is -1.34. The Kier molecular flexibility index (Phi) is 5.39. The summed E-state index contributed by atoms with van der Waals surface area (Å²) in [4.78, 5) is 22.9. The van der Waals surface area contributed by atoms with Gasteiger partial charge in [0.05, 0.1) is 12.5 Å². The van der Waals surface area contributed by atoms with Gasteiger partial charge in [0.1, 0.15) is 12.2 Å². The van der Waals surface area contributed by atoms with E-state index in [0.29, 0.717) is 18.4 Å². The van der Waals surface area contributed by atoms with Gasteiger partial charge in [-0.25, -0.2) is 0 Å². The van der Waals surface area contributed by atoms with Gasteiger partial charge in [-0.1, -0.05) is 18.6 Å². The number of hydrogen-bond acceptors (Lipinski definition) is 5. The lowest BCUT2D eigenvalue weighted by atomic mass is 9.84. The van der Waals surface area contributed by atoms with Crippen LogP contribution in [-0.2, 0) is 14.3 Å². The van der Waals surface area contributed by atoms with Crippen LogP contribution in [0.2, 0.25) is 0 Å². The third-order valence-corrected chi connectivity index (χ3v) is 4.71. The monoisotopic (exact) mass is 324 g/mol. The zero-order chi connectivity index (χ0) is 17.2. The van der Waals surface area contributed by atoms with Crippen LogP contribution in [0.3, 0.4) is 0 Å². The second-order valence-electron chi connectivity index (χ2n) is 6.50. The summed E-state index contributed by atoms with van der Waals surface area (Å²) in [5.41, 5.74) is 0.398. The minimum atomic E-state index is -0.978. The number of carbonyl (C=O) groups excluding carboxylic acids is 1. The van der Waals surface area contributed by atoms with Gasteiger partial charge in [0.2, 0.25) is 0 Å². The lowest BCUT2D eigenvalue weighted by Gasteiger charge is -2.19. The number of rotatable bonds is 8. The zero-order valence-electron chi connectivity index (χ0n) is 13.5. The van der Waals surface area contributed by atoms with Crippen molar-refractivity contribution < 1.29 is 29.6 Å². The molecule has 1 fully saturated rings. The Morgan fingerprint density at radius 2 is 2.22 bits per heavy atom. The number of ether oxygens (including phenoxy) is 1. The fourth-order valence-electron chi connectivity index (χ4n) is 2.92. The Bertz CT molecular complexity index is 549. The first-order valence-electron chi connectivity index (χ1n) is 7.92. The molecule has 0 radical (unpaired) electrons. The maximum atomic E-state index is 12.1. The number of ketones is 1. The van der Waals surface area contributed by atoms with Crippen molar-refractivity contribution in [1.29, 1.82) is 0 Å². The van der Waals surface area contributed by atoms with E-state index in [0.717, 1.165) is 18.4 Å². The van der Waals surface area contributed by atoms with Crippen LogP contribution in [0.4, 0.5) is 0 Å². The maximum absolute atomic E-state index is 12.1. The van der Waals surface area contributed by atoms with Crippen LogP contribution in [0.1, 0.15) is 39.5 Å². The molecule has 2 aliphatic rings. The molecule has 3 N–H and O–H groups in total. The molecule has 6 heteroatoms. The van der Waals surface area contributed by atoms with Gasteiger partial charge >= 0.3 is 5.97 Å². The van der Waals surface area contributed by atoms with Crippen molar-refractivity contribution in [1.82, 2.24) is 0 Å². The van der Waals surface area contributed by atoms with Crippen LogP contribution >= 0.6 is 0 Å². The molecule has 2 rings (SSSR count). The maximum Gasteiger partial charge on any atom is 0.306 e. The minimum Gasteiger partial charge on any atom is -0.481 e. The molecular formula is C17H24O6. The Labute approximate surface area is 135 Å². The van der Waals surface area contributed by atoms with Crippen LogP contribution in [0, 0.1) is 5.92 Å². The average Bonchev–Trinajstić information content (AvgIpc) is 3.25. The predicted octanol–water partition coefficient (Wildman–Crippen LogP) is 1.21. The number of carbonyl (C=O) groups is 2. The molecule has 0 amide bonds. The van der Waals surface area contributed by atoms with E-state index < -0.39 is 23.8 Å². The highest BCUT2D eigenvalue weighted by atomic mass is 16.6. The molecule has 1 aliphatic carbocycles. The number of fused-ring (bicyclic) bond motifs is 1. The van der Waals surface area contributed by atoms with Gasteiger partial charge in [0.15, 0.2) is 11.4 Å².